The molecular formula is C43H42NO7+. The fourth-order valence-electron chi connectivity index (χ4n) is 7.09. The number of aryl methyl sites for hydroxylation is 2. The molecule has 2 aliphatic heterocycles. The van der Waals surface area contributed by atoms with E-state index < -0.39 is 0 Å². The number of benzene rings is 4. The first-order valence-corrected chi connectivity index (χ1v) is 17.3. The summed E-state index contributed by atoms with van der Waals surface area (Å²) in [5.41, 5.74) is 7.71. The molecule has 1 aromatic heterocycles. The van der Waals surface area contributed by atoms with Gasteiger partial charge in [-0.15, -0.1) is 13.2 Å². The number of fused-ring (bicyclic) bond motifs is 5. The Morgan fingerprint density at radius 1 is 0.863 bits per heavy atom. The van der Waals surface area contributed by atoms with E-state index in [1.807, 2.05) is 54.6 Å². The van der Waals surface area contributed by atoms with Gasteiger partial charge in [-0.2, -0.15) is 4.57 Å². The maximum absolute atomic E-state index is 14.2. The first kappa shape index (κ1) is 33.7. The van der Waals surface area contributed by atoms with Crippen molar-refractivity contribution >= 4 is 16.7 Å². The lowest BCUT2D eigenvalue weighted by Crippen LogP contribution is -2.41. The molecule has 5 aromatic rings. The van der Waals surface area contributed by atoms with Gasteiger partial charge in [0.1, 0.15) is 11.5 Å². The molecule has 0 fully saturated rings. The summed E-state index contributed by atoms with van der Waals surface area (Å²) in [6.07, 6.45) is 8.86. The number of pyridine rings is 1. The molecule has 4 aromatic carbocycles. The molecule has 0 saturated carbocycles. The molecule has 0 spiro atoms. The zero-order chi connectivity index (χ0) is 35.5. The Morgan fingerprint density at radius 2 is 1.65 bits per heavy atom. The lowest BCUT2D eigenvalue weighted by Gasteiger charge is -2.21. The molecule has 7 rings (SSSR count). The standard InChI is InChI=1S/C43H42NO7/c1-6-9-27-11-14-37(32(20-27)28-12-15-36(48-19-8-3)30(21-28)10-7-2)51-41(45)24-34-31-13-16-38(46-4)43(47-5)35(31)25-44-18-17-29-22-39-40(50-26-49-39)23-33(29)42(34)44/h6-7,11-16,20-23,25H,1-2,8-10,17-19,24,26H2,3-5H3/q+1. The predicted octanol–water partition coefficient (Wildman–Crippen LogP) is 8.16. The van der Waals surface area contributed by atoms with Gasteiger partial charge in [0.15, 0.2) is 35.7 Å². The molecular weight excluding hydrogens is 642 g/mol. The fraction of sp³-hybridized carbons (Fsp3) is 0.256. The Morgan fingerprint density at radius 3 is 2.41 bits per heavy atom. The minimum atomic E-state index is -0.389. The Bertz CT molecular complexity index is 2170. The Hall–Kier alpha value is -5.76. The third-order valence-electron chi connectivity index (χ3n) is 9.41. The monoisotopic (exact) mass is 684 g/mol. The van der Waals surface area contributed by atoms with E-state index in [0.717, 1.165) is 79.8 Å². The van der Waals surface area contributed by atoms with Crippen molar-refractivity contribution in [2.75, 3.05) is 27.6 Å². The minimum Gasteiger partial charge on any atom is -0.493 e. The molecule has 51 heavy (non-hydrogen) atoms. The molecule has 0 radical (unpaired) electrons. The second-order valence-corrected chi connectivity index (χ2v) is 12.7. The van der Waals surface area contributed by atoms with Crippen LogP contribution >= 0.6 is 0 Å². The topological polar surface area (TPSA) is 76.3 Å². The van der Waals surface area contributed by atoms with Crippen LogP contribution in [0, 0.1) is 0 Å². The van der Waals surface area contributed by atoms with E-state index in [0.29, 0.717) is 49.0 Å². The molecule has 0 aliphatic carbocycles. The van der Waals surface area contributed by atoms with Crippen molar-refractivity contribution in [1.29, 1.82) is 0 Å². The summed E-state index contributed by atoms with van der Waals surface area (Å²) < 4.78 is 37.5. The molecule has 0 N–H and O–H groups in total. The number of hydrogen-bond donors (Lipinski definition) is 0. The first-order chi connectivity index (χ1) is 25.0. The van der Waals surface area contributed by atoms with E-state index in [1.54, 1.807) is 14.2 Å². The summed E-state index contributed by atoms with van der Waals surface area (Å²) in [6, 6.07) is 19.9. The second-order valence-electron chi connectivity index (χ2n) is 12.7. The summed E-state index contributed by atoms with van der Waals surface area (Å²) in [5.74, 6) is 3.57. The van der Waals surface area contributed by atoms with Crippen LogP contribution in [0.1, 0.15) is 35.6 Å². The van der Waals surface area contributed by atoms with Crippen LogP contribution in [0.25, 0.3) is 33.2 Å². The number of nitrogens with zero attached hydrogens (tertiary/aromatic N) is 1. The molecule has 0 bridgehead atoms. The van der Waals surface area contributed by atoms with Crippen LogP contribution in [0.5, 0.6) is 34.5 Å². The third-order valence-corrected chi connectivity index (χ3v) is 9.41. The van der Waals surface area contributed by atoms with Crippen molar-refractivity contribution in [2.24, 2.45) is 0 Å². The molecule has 0 amide bonds. The van der Waals surface area contributed by atoms with Crippen LogP contribution in [0.3, 0.4) is 0 Å². The number of rotatable bonds is 13. The average Bonchev–Trinajstić information content (AvgIpc) is 3.61. The highest BCUT2D eigenvalue weighted by atomic mass is 16.7. The number of esters is 1. The van der Waals surface area contributed by atoms with E-state index >= 15 is 0 Å². The van der Waals surface area contributed by atoms with Gasteiger partial charge < -0.3 is 28.4 Å². The quantitative estimate of drug-likeness (QED) is 0.0536. The molecule has 3 heterocycles. The highest BCUT2D eigenvalue weighted by Gasteiger charge is 2.33. The van der Waals surface area contributed by atoms with E-state index in [4.69, 9.17) is 28.4 Å². The molecule has 8 heteroatoms. The number of ether oxygens (including phenoxy) is 6. The molecule has 8 nitrogen and oxygen atoms in total. The van der Waals surface area contributed by atoms with Gasteiger partial charge in [0, 0.05) is 22.9 Å². The van der Waals surface area contributed by atoms with Crippen LogP contribution in [0.2, 0.25) is 0 Å². The fourth-order valence-corrected chi connectivity index (χ4v) is 7.09. The number of carbonyl (C=O) groups is 1. The summed E-state index contributed by atoms with van der Waals surface area (Å²) in [6.45, 7) is 11.5. The number of allylic oxidation sites excluding steroid dienone is 2. The summed E-state index contributed by atoms with van der Waals surface area (Å²) >= 11 is 0. The average molecular weight is 685 g/mol. The van der Waals surface area contributed by atoms with E-state index in [9.17, 15) is 4.79 Å². The minimum absolute atomic E-state index is 0.00932. The Kier molecular flexibility index (Phi) is 9.66. The number of hydrogen-bond acceptors (Lipinski definition) is 7. The molecule has 260 valence electrons. The van der Waals surface area contributed by atoms with Crippen molar-refractivity contribution < 1.29 is 37.8 Å². The van der Waals surface area contributed by atoms with Gasteiger partial charge in [0.2, 0.25) is 12.5 Å². The van der Waals surface area contributed by atoms with Gasteiger partial charge in [-0.25, -0.2) is 0 Å². The van der Waals surface area contributed by atoms with Crippen molar-refractivity contribution in [3.63, 3.8) is 0 Å². The van der Waals surface area contributed by atoms with Crippen LogP contribution in [0.4, 0.5) is 0 Å². The Labute approximate surface area is 298 Å². The predicted molar refractivity (Wildman–Crippen MR) is 197 cm³/mol. The number of carbonyl (C=O) groups excluding carboxylic acids is 1. The van der Waals surface area contributed by atoms with Crippen LogP contribution in [-0.2, 0) is 37.0 Å². The SMILES string of the molecule is C=CCc1ccc(OC(=O)Cc2c3[n+](cc4c(OC)c(OC)ccc24)CCc2cc4c(cc2-3)OCO4)c(-c2ccc(OCCC)c(CC=C)c2)c1. The molecule has 0 unspecified atom stereocenters. The van der Waals surface area contributed by atoms with Gasteiger partial charge in [-0.05, 0) is 90.0 Å². The van der Waals surface area contributed by atoms with Crippen LogP contribution in [0.15, 0.2) is 92.2 Å². The highest BCUT2D eigenvalue weighted by Crippen LogP contribution is 2.44. The van der Waals surface area contributed by atoms with Crippen molar-refractivity contribution in [3.05, 3.63) is 114 Å². The summed E-state index contributed by atoms with van der Waals surface area (Å²) in [5, 5.41) is 1.72. The maximum Gasteiger partial charge on any atom is 0.315 e. The van der Waals surface area contributed by atoms with Crippen molar-refractivity contribution in [2.45, 2.75) is 45.6 Å². The van der Waals surface area contributed by atoms with Gasteiger partial charge in [-0.3, -0.25) is 4.79 Å². The van der Waals surface area contributed by atoms with Crippen molar-refractivity contribution in [1.82, 2.24) is 0 Å². The summed E-state index contributed by atoms with van der Waals surface area (Å²) in [4.78, 5) is 14.2. The van der Waals surface area contributed by atoms with Crippen LogP contribution in [-0.4, -0.2) is 33.6 Å². The number of methoxy groups -OCH3 is 2. The van der Waals surface area contributed by atoms with E-state index in [1.165, 1.54) is 0 Å². The zero-order valence-corrected chi connectivity index (χ0v) is 29.4. The second kappa shape index (κ2) is 14.6. The van der Waals surface area contributed by atoms with E-state index in [2.05, 4.69) is 49.0 Å². The lowest BCUT2D eigenvalue weighted by atomic mass is 9.90. The normalized spacial score (nSPS) is 12.5. The Balaban J connectivity index is 1.32. The smallest absolute Gasteiger partial charge is 0.315 e. The van der Waals surface area contributed by atoms with Crippen LogP contribution < -0.4 is 33.0 Å². The maximum atomic E-state index is 14.2. The van der Waals surface area contributed by atoms with Gasteiger partial charge in [-0.1, -0.05) is 31.2 Å². The molecule has 0 atom stereocenters. The van der Waals surface area contributed by atoms with Gasteiger partial charge in [0.25, 0.3) is 0 Å². The zero-order valence-electron chi connectivity index (χ0n) is 29.4. The van der Waals surface area contributed by atoms with Gasteiger partial charge >= 0.3 is 5.97 Å². The number of aromatic nitrogens is 1. The first-order valence-electron chi connectivity index (χ1n) is 17.3. The van der Waals surface area contributed by atoms with Crippen molar-refractivity contribution in [3.8, 4) is 56.9 Å². The van der Waals surface area contributed by atoms with Gasteiger partial charge in [0.05, 0.1) is 38.2 Å². The van der Waals surface area contributed by atoms with E-state index in [-0.39, 0.29) is 19.2 Å². The lowest BCUT2D eigenvalue weighted by molar-refractivity contribution is -0.686. The third kappa shape index (κ3) is 6.50. The molecule has 0 saturated heterocycles. The summed E-state index contributed by atoms with van der Waals surface area (Å²) in [7, 11) is 3.25. The highest BCUT2D eigenvalue weighted by molar-refractivity contribution is 5.97. The molecule has 2 aliphatic rings. The largest absolute Gasteiger partial charge is 0.493 e.